The van der Waals surface area contributed by atoms with Gasteiger partial charge in [-0.3, -0.25) is 4.79 Å². The van der Waals surface area contributed by atoms with Gasteiger partial charge in [-0.05, 0) is 43.2 Å². The molecular weight excluding hydrogens is 382 g/mol. The van der Waals surface area contributed by atoms with Crippen molar-refractivity contribution in [2.45, 2.75) is 33.1 Å². The van der Waals surface area contributed by atoms with Gasteiger partial charge in [0.25, 0.3) is 5.91 Å². The Bertz CT molecular complexity index is 703. The number of anilines is 1. The van der Waals surface area contributed by atoms with Crippen molar-refractivity contribution < 1.29 is 14.3 Å². The molecule has 0 unspecified atom stereocenters. The largest absolute Gasteiger partial charge is 0.494 e. The Labute approximate surface area is 157 Å². The highest BCUT2D eigenvalue weighted by Gasteiger charge is 2.14. The summed E-state index contributed by atoms with van der Waals surface area (Å²) >= 11 is 3.41. The molecule has 0 heterocycles. The van der Waals surface area contributed by atoms with Crippen LogP contribution in [0.15, 0.2) is 46.9 Å². The van der Waals surface area contributed by atoms with Crippen LogP contribution in [-0.2, 0) is 0 Å². The number of carbonyl (C=O) groups excluding carboxylic acids is 1. The minimum atomic E-state index is -0.210. The number of rotatable bonds is 9. The van der Waals surface area contributed by atoms with Crippen LogP contribution < -0.4 is 14.8 Å². The maximum absolute atomic E-state index is 12.7. The lowest BCUT2D eigenvalue weighted by Gasteiger charge is -2.12. The molecule has 0 aliphatic rings. The summed E-state index contributed by atoms with van der Waals surface area (Å²) in [5.74, 6) is 1.12. The predicted molar refractivity (Wildman–Crippen MR) is 105 cm³/mol. The topological polar surface area (TPSA) is 47.6 Å². The number of unbranched alkanes of at least 4 members (excludes halogenated alkanes) is 1. The molecule has 0 spiro atoms. The molecule has 1 amide bonds. The Morgan fingerprint density at radius 2 is 1.88 bits per heavy atom. The van der Waals surface area contributed by atoms with Gasteiger partial charge >= 0.3 is 0 Å². The fourth-order valence-corrected chi connectivity index (χ4v) is 2.58. The molecule has 5 heteroatoms. The Kier molecular flexibility index (Phi) is 7.79. The number of amides is 1. The monoisotopic (exact) mass is 405 g/mol. The van der Waals surface area contributed by atoms with Gasteiger partial charge in [0, 0.05) is 16.2 Å². The van der Waals surface area contributed by atoms with Gasteiger partial charge in [0.05, 0.1) is 18.8 Å². The van der Waals surface area contributed by atoms with Crippen LogP contribution >= 0.6 is 15.9 Å². The molecule has 0 saturated heterocycles. The first kappa shape index (κ1) is 19.3. The standard InChI is InChI=1S/C20H24BrNO3/c1-3-5-12-24-17-8-6-7-16(14-17)22-20(23)18-13-15(21)9-10-19(18)25-11-4-2/h6-10,13-14H,3-5,11-12H2,1-2H3,(H,22,23). The third-order valence-corrected chi connectivity index (χ3v) is 4.00. The summed E-state index contributed by atoms with van der Waals surface area (Å²) in [5, 5.41) is 2.91. The number of hydrogen-bond donors (Lipinski definition) is 1. The van der Waals surface area contributed by atoms with Crippen LogP contribution in [0.5, 0.6) is 11.5 Å². The van der Waals surface area contributed by atoms with Crippen molar-refractivity contribution in [3.8, 4) is 11.5 Å². The molecule has 134 valence electrons. The van der Waals surface area contributed by atoms with Crippen molar-refractivity contribution in [2.75, 3.05) is 18.5 Å². The van der Waals surface area contributed by atoms with Crippen molar-refractivity contribution in [2.24, 2.45) is 0 Å². The van der Waals surface area contributed by atoms with E-state index >= 15 is 0 Å². The van der Waals surface area contributed by atoms with Crippen LogP contribution in [0.4, 0.5) is 5.69 Å². The molecule has 1 N–H and O–H groups in total. The van der Waals surface area contributed by atoms with E-state index in [9.17, 15) is 4.79 Å². The first-order chi connectivity index (χ1) is 12.1. The molecule has 2 aromatic carbocycles. The summed E-state index contributed by atoms with van der Waals surface area (Å²) in [6, 6.07) is 12.9. The van der Waals surface area contributed by atoms with Crippen molar-refractivity contribution in [1.82, 2.24) is 0 Å². The lowest BCUT2D eigenvalue weighted by molar-refractivity contribution is 0.102. The summed E-state index contributed by atoms with van der Waals surface area (Å²) in [7, 11) is 0. The molecular formula is C20H24BrNO3. The second kappa shape index (κ2) is 10.1. The van der Waals surface area contributed by atoms with E-state index in [2.05, 4.69) is 28.2 Å². The first-order valence-corrected chi connectivity index (χ1v) is 9.40. The summed E-state index contributed by atoms with van der Waals surface area (Å²) < 4.78 is 12.2. The highest BCUT2D eigenvalue weighted by Crippen LogP contribution is 2.25. The number of carbonyl (C=O) groups is 1. The van der Waals surface area contributed by atoms with E-state index in [4.69, 9.17) is 9.47 Å². The quantitative estimate of drug-likeness (QED) is 0.546. The van der Waals surface area contributed by atoms with Crippen molar-refractivity contribution in [3.63, 3.8) is 0 Å². The molecule has 0 atom stereocenters. The van der Waals surface area contributed by atoms with Crippen LogP contribution in [0.3, 0.4) is 0 Å². The highest BCUT2D eigenvalue weighted by molar-refractivity contribution is 9.10. The molecule has 0 radical (unpaired) electrons. The van der Waals surface area contributed by atoms with Crippen LogP contribution in [0.1, 0.15) is 43.5 Å². The van der Waals surface area contributed by atoms with E-state index in [1.54, 1.807) is 12.1 Å². The van der Waals surface area contributed by atoms with Gasteiger partial charge in [-0.15, -0.1) is 0 Å². The van der Waals surface area contributed by atoms with E-state index in [0.717, 1.165) is 29.5 Å². The summed E-state index contributed by atoms with van der Waals surface area (Å²) in [5.41, 5.74) is 1.19. The van der Waals surface area contributed by atoms with Gasteiger partial charge in [-0.25, -0.2) is 0 Å². The Morgan fingerprint density at radius 3 is 2.64 bits per heavy atom. The molecule has 2 aromatic rings. The molecule has 4 nitrogen and oxygen atoms in total. The van der Waals surface area contributed by atoms with E-state index in [1.165, 1.54) is 0 Å². The Balaban J connectivity index is 2.11. The second-order valence-electron chi connectivity index (χ2n) is 5.67. The van der Waals surface area contributed by atoms with Gasteiger partial charge in [0.1, 0.15) is 11.5 Å². The van der Waals surface area contributed by atoms with Gasteiger partial charge in [-0.1, -0.05) is 42.3 Å². The predicted octanol–water partition coefficient (Wildman–Crippen LogP) is 5.67. The summed E-state index contributed by atoms with van der Waals surface area (Å²) in [4.78, 5) is 12.7. The molecule has 0 aromatic heterocycles. The number of benzene rings is 2. The number of ether oxygens (including phenoxy) is 2. The molecule has 0 aliphatic heterocycles. The lowest BCUT2D eigenvalue weighted by Crippen LogP contribution is -2.14. The smallest absolute Gasteiger partial charge is 0.259 e. The third-order valence-electron chi connectivity index (χ3n) is 3.51. The fraction of sp³-hybridized carbons (Fsp3) is 0.350. The minimum Gasteiger partial charge on any atom is -0.494 e. The molecule has 0 bridgehead atoms. The maximum atomic E-state index is 12.7. The number of hydrogen-bond acceptors (Lipinski definition) is 3. The highest BCUT2D eigenvalue weighted by atomic mass is 79.9. The summed E-state index contributed by atoms with van der Waals surface area (Å²) in [6.07, 6.45) is 2.97. The van der Waals surface area contributed by atoms with Crippen LogP contribution in [-0.4, -0.2) is 19.1 Å². The number of nitrogens with one attached hydrogen (secondary N) is 1. The van der Waals surface area contributed by atoms with Crippen molar-refractivity contribution in [1.29, 1.82) is 0 Å². The minimum absolute atomic E-state index is 0.210. The van der Waals surface area contributed by atoms with Gasteiger partial charge in [-0.2, -0.15) is 0 Å². The van der Waals surface area contributed by atoms with Crippen LogP contribution in [0.2, 0.25) is 0 Å². The molecule has 0 aliphatic carbocycles. The van der Waals surface area contributed by atoms with Crippen molar-refractivity contribution in [3.05, 3.63) is 52.5 Å². The second-order valence-corrected chi connectivity index (χ2v) is 6.59. The molecule has 25 heavy (non-hydrogen) atoms. The van der Waals surface area contributed by atoms with E-state index in [1.807, 2.05) is 37.3 Å². The normalized spacial score (nSPS) is 10.4. The van der Waals surface area contributed by atoms with Gasteiger partial charge in [0.2, 0.25) is 0 Å². The van der Waals surface area contributed by atoms with Gasteiger partial charge < -0.3 is 14.8 Å². The average molecular weight is 406 g/mol. The van der Waals surface area contributed by atoms with E-state index in [0.29, 0.717) is 30.2 Å². The summed E-state index contributed by atoms with van der Waals surface area (Å²) in [6.45, 7) is 5.40. The zero-order valence-corrected chi connectivity index (χ0v) is 16.3. The lowest BCUT2D eigenvalue weighted by atomic mass is 10.1. The average Bonchev–Trinajstić information content (AvgIpc) is 2.61. The first-order valence-electron chi connectivity index (χ1n) is 8.60. The Morgan fingerprint density at radius 1 is 1.04 bits per heavy atom. The Hall–Kier alpha value is -2.01. The van der Waals surface area contributed by atoms with Crippen LogP contribution in [0, 0.1) is 0 Å². The zero-order valence-electron chi connectivity index (χ0n) is 14.7. The van der Waals surface area contributed by atoms with E-state index in [-0.39, 0.29) is 5.91 Å². The maximum Gasteiger partial charge on any atom is 0.259 e. The molecule has 0 saturated carbocycles. The number of halogens is 1. The fourth-order valence-electron chi connectivity index (χ4n) is 2.21. The molecule has 0 fully saturated rings. The SMILES string of the molecule is CCCCOc1cccc(NC(=O)c2cc(Br)ccc2OCCC)c1. The zero-order chi connectivity index (χ0) is 18.1. The van der Waals surface area contributed by atoms with Crippen molar-refractivity contribution >= 4 is 27.5 Å². The third kappa shape index (κ3) is 6.09. The van der Waals surface area contributed by atoms with Gasteiger partial charge in [0.15, 0.2) is 0 Å². The van der Waals surface area contributed by atoms with Crippen LogP contribution in [0.25, 0.3) is 0 Å². The van der Waals surface area contributed by atoms with E-state index < -0.39 is 0 Å². The molecule has 2 rings (SSSR count).